The van der Waals surface area contributed by atoms with E-state index in [2.05, 4.69) is 17.1 Å². The maximum atomic E-state index is 12.9. The van der Waals surface area contributed by atoms with Crippen molar-refractivity contribution in [2.75, 3.05) is 6.61 Å². The van der Waals surface area contributed by atoms with Crippen LogP contribution in [0.15, 0.2) is 67.0 Å². The van der Waals surface area contributed by atoms with E-state index in [4.69, 9.17) is 4.74 Å². The van der Waals surface area contributed by atoms with Crippen molar-refractivity contribution in [3.05, 3.63) is 94.8 Å². The molecule has 140 valence electrons. The minimum Gasteiger partial charge on any atom is -0.492 e. The van der Waals surface area contributed by atoms with Crippen molar-refractivity contribution in [3.63, 3.8) is 0 Å². The molecule has 1 aliphatic heterocycles. The van der Waals surface area contributed by atoms with Crippen molar-refractivity contribution < 1.29 is 14.3 Å². The van der Waals surface area contributed by atoms with E-state index in [-0.39, 0.29) is 23.9 Å². The molecule has 28 heavy (non-hydrogen) atoms. The Morgan fingerprint density at radius 1 is 1.07 bits per heavy atom. The molecule has 3 aromatic rings. The van der Waals surface area contributed by atoms with Gasteiger partial charge in [-0.2, -0.15) is 0 Å². The number of nitrogens with zero attached hydrogens (tertiary/aromatic N) is 1. The van der Waals surface area contributed by atoms with E-state index in [0.29, 0.717) is 29.9 Å². The molecule has 2 heterocycles. The van der Waals surface area contributed by atoms with Gasteiger partial charge in [-0.1, -0.05) is 43.3 Å². The summed E-state index contributed by atoms with van der Waals surface area (Å²) < 4.78 is 5.93. The van der Waals surface area contributed by atoms with Gasteiger partial charge in [-0.25, -0.2) is 0 Å². The molecule has 1 atom stereocenters. The zero-order valence-electron chi connectivity index (χ0n) is 15.7. The molecule has 0 saturated heterocycles. The monoisotopic (exact) mass is 371 g/mol. The molecule has 0 bridgehead atoms. The van der Waals surface area contributed by atoms with E-state index in [0.717, 1.165) is 16.7 Å². The lowest BCUT2D eigenvalue weighted by atomic mass is 9.88. The third-order valence-corrected chi connectivity index (χ3v) is 5.12. The van der Waals surface area contributed by atoms with Gasteiger partial charge in [0.25, 0.3) is 0 Å². The second kappa shape index (κ2) is 7.77. The van der Waals surface area contributed by atoms with Crippen LogP contribution in [0, 0.1) is 0 Å². The van der Waals surface area contributed by atoms with Gasteiger partial charge in [0, 0.05) is 42.3 Å². The molecule has 0 spiro atoms. The van der Waals surface area contributed by atoms with Gasteiger partial charge in [-0.3, -0.25) is 14.6 Å². The van der Waals surface area contributed by atoms with Crippen LogP contribution in [0.3, 0.4) is 0 Å². The summed E-state index contributed by atoms with van der Waals surface area (Å²) in [6, 6.07) is 17.3. The van der Waals surface area contributed by atoms with Gasteiger partial charge in [0.05, 0.1) is 12.2 Å². The van der Waals surface area contributed by atoms with Crippen LogP contribution in [0.2, 0.25) is 0 Å². The lowest BCUT2D eigenvalue weighted by Gasteiger charge is -2.12. The minimum atomic E-state index is -0.0281. The second-order valence-electron chi connectivity index (χ2n) is 6.95. The summed E-state index contributed by atoms with van der Waals surface area (Å²) in [5.74, 6) is 0.602. The molecule has 1 aliphatic rings. The molecule has 1 aromatic heterocycles. The largest absolute Gasteiger partial charge is 0.492 e. The van der Waals surface area contributed by atoms with Crippen molar-refractivity contribution in [2.45, 2.75) is 25.7 Å². The zero-order valence-corrected chi connectivity index (χ0v) is 15.7. The molecule has 0 aliphatic carbocycles. The number of benzene rings is 2. The zero-order chi connectivity index (χ0) is 19.5. The fourth-order valence-electron chi connectivity index (χ4n) is 3.64. The topological polar surface area (TPSA) is 56.3 Å². The molecular weight excluding hydrogens is 350 g/mol. The molecule has 2 aromatic carbocycles. The minimum absolute atomic E-state index is 0.0130. The number of fused-ring (bicyclic) bond motifs is 1. The summed E-state index contributed by atoms with van der Waals surface area (Å²) in [6.07, 6.45) is 4.00. The predicted molar refractivity (Wildman–Crippen MR) is 107 cm³/mol. The summed E-state index contributed by atoms with van der Waals surface area (Å²) in [5.41, 5.74) is 3.94. The smallest absolute Gasteiger partial charge is 0.167 e. The van der Waals surface area contributed by atoms with Crippen molar-refractivity contribution in [2.24, 2.45) is 0 Å². The summed E-state index contributed by atoms with van der Waals surface area (Å²) in [5, 5.41) is 0. The average molecular weight is 371 g/mol. The number of aromatic nitrogens is 1. The number of ketones is 2. The maximum Gasteiger partial charge on any atom is 0.167 e. The van der Waals surface area contributed by atoms with Gasteiger partial charge in [-0.15, -0.1) is 0 Å². The Morgan fingerprint density at radius 3 is 2.61 bits per heavy atom. The number of carbonyl (C=O) groups excluding carboxylic acids is 2. The molecule has 4 heteroatoms. The summed E-state index contributed by atoms with van der Waals surface area (Å²) in [7, 11) is 0. The number of ether oxygens (including phenoxy) is 1. The Labute approximate surface area is 164 Å². The van der Waals surface area contributed by atoms with E-state index in [1.165, 1.54) is 0 Å². The normalized spacial score (nSPS) is 15.0. The predicted octanol–water partition coefficient (Wildman–Crippen LogP) is 4.62. The molecule has 0 radical (unpaired) electrons. The first-order chi connectivity index (χ1) is 13.7. The second-order valence-corrected chi connectivity index (χ2v) is 6.95. The van der Waals surface area contributed by atoms with E-state index >= 15 is 0 Å². The lowest BCUT2D eigenvalue weighted by Crippen LogP contribution is -2.08. The van der Waals surface area contributed by atoms with Crippen molar-refractivity contribution in [1.82, 2.24) is 4.98 Å². The molecule has 0 saturated carbocycles. The Morgan fingerprint density at radius 2 is 1.89 bits per heavy atom. The van der Waals surface area contributed by atoms with Crippen LogP contribution in [0.1, 0.15) is 56.7 Å². The third kappa shape index (κ3) is 3.46. The molecule has 4 rings (SSSR count). The van der Waals surface area contributed by atoms with E-state index in [1.807, 2.05) is 43.3 Å². The van der Waals surface area contributed by atoms with Crippen LogP contribution >= 0.6 is 0 Å². The Hall–Kier alpha value is -3.27. The number of pyridine rings is 1. The Bertz CT molecular complexity index is 1010. The van der Waals surface area contributed by atoms with E-state index < -0.39 is 0 Å². The fourth-order valence-corrected chi connectivity index (χ4v) is 3.64. The highest BCUT2D eigenvalue weighted by molar-refractivity contribution is 6.04. The number of carbonyl (C=O) groups is 2. The summed E-state index contributed by atoms with van der Waals surface area (Å²) in [6.45, 7) is 2.30. The lowest BCUT2D eigenvalue weighted by molar-refractivity contribution is 0.0985. The Balaban J connectivity index is 1.76. The highest BCUT2D eigenvalue weighted by Crippen LogP contribution is 2.41. The average Bonchev–Trinajstić information content (AvgIpc) is 3.18. The maximum absolute atomic E-state index is 12.9. The number of Topliss-reactive ketones (excluding diaryl/α,β-unsaturated/α-hetero) is 2. The van der Waals surface area contributed by atoms with E-state index in [9.17, 15) is 9.59 Å². The first-order valence-corrected chi connectivity index (χ1v) is 9.48. The number of rotatable bonds is 6. The van der Waals surface area contributed by atoms with Crippen LogP contribution in [-0.2, 0) is 6.42 Å². The van der Waals surface area contributed by atoms with Crippen LogP contribution in [0.4, 0.5) is 0 Å². The van der Waals surface area contributed by atoms with Crippen LogP contribution < -0.4 is 4.74 Å². The number of hydrogen-bond donors (Lipinski definition) is 0. The van der Waals surface area contributed by atoms with Gasteiger partial charge >= 0.3 is 0 Å². The van der Waals surface area contributed by atoms with Crippen LogP contribution in [-0.4, -0.2) is 23.2 Å². The molecule has 1 unspecified atom stereocenters. The third-order valence-electron chi connectivity index (χ3n) is 5.12. The molecule has 0 N–H and O–H groups in total. The molecule has 4 nitrogen and oxygen atoms in total. The van der Waals surface area contributed by atoms with Gasteiger partial charge in [0.15, 0.2) is 11.6 Å². The first kappa shape index (κ1) is 18.1. The van der Waals surface area contributed by atoms with Crippen LogP contribution in [0.5, 0.6) is 5.75 Å². The van der Waals surface area contributed by atoms with Crippen molar-refractivity contribution >= 4 is 11.6 Å². The molecule has 0 amide bonds. The van der Waals surface area contributed by atoms with Crippen LogP contribution in [0.25, 0.3) is 0 Å². The summed E-state index contributed by atoms with van der Waals surface area (Å²) >= 11 is 0. The van der Waals surface area contributed by atoms with Gasteiger partial charge in [0.1, 0.15) is 5.75 Å². The van der Waals surface area contributed by atoms with E-state index in [1.54, 1.807) is 18.5 Å². The highest BCUT2D eigenvalue weighted by Gasteiger charge is 2.31. The SMILES string of the molecule is CCC(=O)c1cc(C(=O)Cc2cccnc2)cc2c1OCC2c1ccccc1. The standard InChI is InChI=1S/C24H21NO3/c1-2-22(26)20-13-18(23(27)11-16-7-6-10-25-14-16)12-19-21(15-28-24(19)20)17-8-4-3-5-9-17/h3-10,12-14,21H,2,11,15H2,1H3. The molecular formula is C24H21NO3. The first-order valence-electron chi connectivity index (χ1n) is 9.48. The summed E-state index contributed by atoms with van der Waals surface area (Å²) in [4.78, 5) is 29.6. The number of hydrogen-bond acceptors (Lipinski definition) is 4. The quantitative estimate of drug-likeness (QED) is 0.593. The van der Waals surface area contributed by atoms with Crippen molar-refractivity contribution in [3.8, 4) is 5.75 Å². The highest BCUT2D eigenvalue weighted by atomic mass is 16.5. The Kier molecular flexibility index (Phi) is 5.02. The molecule has 0 fully saturated rings. The fraction of sp³-hybridized carbons (Fsp3) is 0.208. The van der Waals surface area contributed by atoms with Gasteiger partial charge in [0.2, 0.25) is 0 Å². The van der Waals surface area contributed by atoms with Crippen molar-refractivity contribution in [1.29, 1.82) is 0 Å². The van der Waals surface area contributed by atoms with Gasteiger partial charge in [-0.05, 0) is 29.3 Å². The van der Waals surface area contributed by atoms with Gasteiger partial charge < -0.3 is 4.74 Å².